The fourth-order valence-corrected chi connectivity index (χ4v) is 1.68. The van der Waals surface area contributed by atoms with Crippen LogP contribution in [-0.4, -0.2) is 4.37 Å². The first-order chi connectivity index (χ1) is 5.92. The molecule has 1 aromatic rings. The van der Waals surface area contributed by atoms with Crippen molar-refractivity contribution >= 4 is 11.5 Å². The molecule has 1 nitrogen and oxygen atoms in total. The van der Waals surface area contributed by atoms with Crippen molar-refractivity contribution in [3.05, 3.63) is 17.1 Å². The molecule has 0 unspecified atom stereocenters. The lowest BCUT2D eigenvalue weighted by Crippen LogP contribution is -2.32. The maximum absolute atomic E-state index is 13.7. The molecule has 0 fully saturated rings. The van der Waals surface area contributed by atoms with Gasteiger partial charge in [0.2, 0.25) is 0 Å². The van der Waals surface area contributed by atoms with E-state index in [0.717, 1.165) is 11.5 Å². The topological polar surface area (TPSA) is 12.9 Å². The summed E-state index contributed by atoms with van der Waals surface area (Å²) in [6.07, 6.45) is 1.86. The van der Waals surface area contributed by atoms with Crippen LogP contribution in [-0.2, 0) is 5.92 Å². The summed E-state index contributed by atoms with van der Waals surface area (Å²) in [7, 11) is 0. The Morgan fingerprint density at radius 2 is 2.08 bits per heavy atom. The van der Waals surface area contributed by atoms with Crippen molar-refractivity contribution in [2.45, 2.75) is 33.1 Å². The number of hydrogen-bond acceptors (Lipinski definition) is 2. The monoisotopic (exact) mass is 205 g/mol. The van der Waals surface area contributed by atoms with E-state index >= 15 is 0 Å². The number of alkyl halides is 2. The maximum atomic E-state index is 13.7. The van der Waals surface area contributed by atoms with Crippen LogP contribution in [0, 0.1) is 5.41 Å². The van der Waals surface area contributed by atoms with Crippen LogP contribution in [0.3, 0.4) is 0 Å². The first-order valence-corrected chi connectivity index (χ1v) is 4.98. The summed E-state index contributed by atoms with van der Waals surface area (Å²) in [6, 6.07) is 1.39. The van der Waals surface area contributed by atoms with Crippen LogP contribution in [0.4, 0.5) is 8.78 Å². The molecule has 0 radical (unpaired) electrons. The first-order valence-electron chi connectivity index (χ1n) is 4.21. The summed E-state index contributed by atoms with van der Waals surface area (Å²) in [6.45, 7) is 4.92. The summed E-state index contributed by atoms with van der Waals surface area (Å²) in [5, 5.41) is 0. The average Bonchev–Trinajstić information content (AvgIpc) is 2.56. The second kappa shape index (κ2) is 3.33. The van der Waals surface area contributed by atoms with Crippen LogP contribution in [0.5, 0.6) is 0 Å². The fourth-order valence-electron chi connectivity index (χ4n) is 0.933. The lowest BCUT2D eigenvalue weighted by molar-refractivity contribution is -0.112. The van der Waals surface area contributed by atoms with Gasteiger partial charge in [0.25, 0.3) is 5.92 Å². The smallest absolute Gasteiger partial charge is 0.201 e. The molecular formula is C9H13F2NS. The third-order valence-electron chi connectivity index (χ3n) is 2.48. The van der Waals surface area contributed by atoms with Crippen LogP contribution in [0.2, 0.25) is 0 Å². The molecule has 0 amide bonds. The van der Waals surface area contributed by atoms with Crippen LogP contribution < -0.4 is 0 Å². The van der Waals surface area contributed by atoms with Gasteiger partial charge in [-0.3, -0.25) is 0 Å². The van der Waals surface area contributed by atoms with Crippen LogP contribution in [0.25, 0.3) is 0 Å². The van der Waals surface area contributed by atoms with E-state index in [2.05, 4.69) is 4.37 Å². The van der Waals surface area contributed by atoms with E-state index in [-0.39, 0.29) is 4.88 Å². The summed E-state index contributed by atoms with van der Waals surface area (Å²) in [4.78, 5) is 0.0550. The molecule has 0 aromatic carbocycles. The Morgan fingerprint density at radius 1 is 1.46 bits per heavy atom. The number of rotatable bonds is 3. The second-order valence-corrected chi connectivity index (χ2v) is 4.52. The second-order valence-electron chi connectivity index (χ2n) is 3.69. The molecule has 0 spiro atoms. The highest BCUT2D eigenvalue weighted by atomic mass is 32.1. The zero-order valence-corrected chi connectivity index (χ0v) is 8.79. The molecule has 1 aromatic heterocycles. The van der Waals surface area contributed by atoms with Gasteiger partial charge >= 0.3 is 0 Å². The van der Waals surface area contributed by atoms with Gasteiger partial charge in [0.05, 0.1) is 4.88 Å². The summed E-state index contributed by atoms with van der Waals surface area (Å²) >= 11 is 0.872. The lowest BCUT2D eigenvalue weighted by atomic mass is 9.82. The van der Waals surface area contributed by atoms with Gasteiger partial charge in [0.1, 0.15) is 0 Å². The molecular weight excluding hydrogens is 192 g/mol. The number of halogens is 2. The Bertz CT molecular complexity index is 267. The molecule has 1 heterocycles. The molecule has 0 atom stereocenters. The lowest BCUT2D eigenvalue weighted by Gasteiger charge is -2.31. The fraction of sp³-hybridized carbons (Fsp3) is 0.667. The highest BCUT2D eigenvalue weighted by Crippen LogP contribution is 2.47. The number of hydrogen-bond donors (Lipinski definition) is 0. The quantitative estimate of drug-likeness (QED) is 0.733. The van der Waals surface area contributed by atoms with E-state index in [1.54, 1.807) is 20.8 Å². The van der Waals surface area contributed by atoms with Gasteiger partial charge in [-0.25, -0.2) is 4.37 Å². The Kier molecular flexibility index (Phi) is 2.71. The Labute approximate surface area is 81.0 Å². The van der Waals surface area contributed by atoms with Crippen molar-refractivity contribution in [2.24, 2.45) is 5.41 Å². The van der Waals surface area contributed by atoms with E-state index in [4.69, 9.17) is 0 Å². The molecule has 0 aliphatic heterocycles. The van der Waals surface area contributed by atoms with E-state index in [1.807, 2.05) is 0 Å². The predicted octanol–water partition coefficient (Wildman–Crippen LogP) is 3.67. The van der Waals surface area contributed by atoms with E-state index < -0.39 is 11.3 Å². The third kappa shape index (κ3) is 1.73. The van der Waals surface area contributed by atoms with Gasteiger partial charge < -0.3 is 0 Å². The van der Waals surface area contributed by atoms with Gasteiger partial charge in [0.15, 0.2) is 0 Å². The first kappa shape index (κ1) is 10.6. The molecule has 4 heteroatoms. The van der Waals surface area contributed by atoms with Gasteiger partial charge in [-0.2, -0.15) is 8.78 Å². The summed E-state index contributed by atoms with van der Waals surface area (Å²) < 4.78 is 31.2. The average molecular weight is 205 g/mol. The molecule has 0 aliphatic rings. The molecule has 0 saturated heterocycles. The third-order valence-corrected chi connectivity index (χ3v) is 3.30. The zero-order valence-electron chi connectivity index (χ0n) is 7.97. The van der Waals surface area contributed by atoms with Crippen molar-refractivity contribution < 1.29 is 8.78 Å². The minimum absolute atomic E-state index is 0.0550. The molecule has 1 rings (SSSR count). The van der Waals surface area contributed by atoms with Crippen molar-refractivity contribution in [1.29, 1.82) is 0 Å². The van der Waals surface area contributed by atoms with Crippen molar-refractivity contribution in [3.63, 3.8) is 0 Å². The molecule has 0 N–H and O–H groups in total. The van der Waals surface area contributed by atoms with E-state index in [0.29, 0.717) is 6.42 Å². The number of aromatic nitrogens is 1. The molecule has 0 saturated carbocycles. The zero-order chi connectivity index (χ0) is 10.1. The minimum Gasteiger partial charge on any atom is -0.201 e. The standard InChI is InChI=1S/C9H13F2NS/c1-4-8(2,3)9(10,11)7-5-6-12-13-7/h5-6H,4H2,1-3H3. The molecule has 0 bridgehead atoms. The Morgan fingerprint density at radius 3 is 2.46 bits per heavy atom. The Balaban J connectivity index is 3.02. The molecule has 13 heavy (non-hydrogen) atoms. The van der Waals surface area contributed by atoms with Gasteiger partial charge in [-0.05, 0) is 24.0 Å². The summed E-state index contributed by atoms with van der Waals surface area (Å²) in [5.41, 5.74) is -1.00. The largest absolute Gasteiger partial charge is 0.288 e. The van der Waals surface area contributed by atoms with Gasteiger partial charge in [0, 0.05) is 11.6 Å². The molecule has 74 valence electrons. The van der Waals surface area contributed by atoms with Crippen molar-refractivity contribution in [2.75, 3.05) is 0 Å². The maximum Gasteiger partial charge on any atom is 0.288 e. The van der Waals surface area contributed by atoms with E-state index in [1.165, 1.54) is 12.3 Å². The minimum atomic E-state index is -2.77. The SMILES string of the molecule is CCC(C)(C)C(F)(F)c1ccns1. The highest BCUT2D eigenvalue weighted by Gasteiger charge is 2.47. The molecule has 0 aliphatic carbocycles. The van der Waals surface area contributed by atoms with E-state index in [9.17, 15) is 8.78 Å². The summed E-state index contributed by atoms with van der Waals surface area (Å²) in [5.74, 6) is -2.77. The van der Waals surface area contributed by atoms with Gasteiger partial charge in [-0.15, -0.1) is 0 Å². The van der Waals surface area contributed by atoms with Crippen LogP contribution >= 0.6 is 11.5 Å². The van der Waals surface area contributed by atoms with Crippen molar-refractivity contribution in [1.82, 2.24) is 4.37 Å². The van der Waals surface area contributed by atoms with Crippen LogP contribution in [0.1, 0.15) is 32.1 Å². The Hall–Kier alpha value is -0.510. The number of nitrogens with zero attached hydrogens (tertiary/aromatic N) is 1. The van der Waals surface area contributed by atoms with Crippen molar-refractivity contribution in [3.8, 4) is 0 Å². The van der Waals surface area contributed by atoms with Gasteiger partial charge in [-0.1, -0.05) is 20.8 Å². The highest BCUT2D eigenvalue weighted by molar-refractivity contribution is 7.05. The van der Waals surface area contributed by atoms with Crippen LogP contribution in [0.15, 0.2) is 12.3 Å². The normalized spacial score (nSPS) is 13.3. The predicted molar refractivity (Wildman–Crippen MR) is 50.1 cm³/mol.